The summed E-state index contributed by atoms with van der Waals surface area (Å²) in [4.78, 5) is 15.5. The van der Waals surface area contributed by atoms with Crippen LogP contribution in [-0.2, 0) is 4.79 Å². The highest BCUT2D eigenvalue weighted by Crippen LogP contribution is 2.13. The van der Waals surface area contributed by atoms with E-state index in [4.69, 9.17) is 23.8 Å². The molecule has 6 heteroatoms. The molecule has 1 amide bonds. The van der Waals surface area contributed by atoms with Crippen molar-refractivity contribution >= 4 is 40.5 Å². The maximum Gasteiger partial charge on any atom is 0.242 e. The number of likely N-dealkylation sites (N-methyl/N-ethyl adjacent to an activating group) is 2. The van der Waals surface area contributed by atoms with E-state index in [1.807, 2.05) is 26.0 Å². The lowest BCUT2D eigenvalue weighted by Gasteiger charge is -2.25. The number of anilines is 1. The molecule has 0 aliphatic heterocycles. The molecule has 0 heterocycles. The van der Waals surface area contributed by atoms with Crippen molar-refractivity contribution in [1.82, 2.24) is 9.80 Å². The Bertz CT molecular complexity index is 460. The average molecular weight is 314 g/mol. The molecule has 0 aliphatic rings. The van der Waals surface area contributed by atoms with Crippen molar-refractivity contribution in [3.05, 3.63) is 29.3 Å². The fourth-order valence-electron chi connectivity index (χ4n) is 1.70. The second kappa shape index (κ2) is 8.07. The molecular weight excluding hydrogens is 294 g/mol. The first-order valence-electron chi connectivity index (χ1n) is 6.53. The van der Waals surface area contributed by atoms with Crippen molar-refractivity contribution in [3.63, 3.8) is 0 Å². The van der Waals surface area contributed by atoms with Crippen molar-refractivity contribution in [2.45, 2.75) is 13.8 Å². The second-order valence-corrected chi connectivity index (χ2v) is 5.18. The van der Waals surface area contributed by atoms with Crippen LogP contribution in [0.5, 0.6) is 0 Å². The van der Waals surface area contributed by atoms with Gasteiger partial charge < -0.3 is 15.1 Å². The SMILES string of the molecule is CCN(CC)C(=O)CN(C)C(=S)Nc1ccc(Cl)cc1. The van der Waals surface area contributed by atoms with Gasteiger partial charge in [-0.2, -0.15) is 0 Å². The highest BCUT2D eigenvalue weighted by Gasteiger charge is 2.14. The Hall–Kier alpha value is -1.33. The topological polar surface area (TPSA) is 35.6 Å². The zero-order valence-corrected chi connectivity index (χ0v) is 13.6. The maximum atomic E-state index is 12.0. The summed E-state index contributed by atoms with van der Waals surface area (Å²) >= 11 is 11.1. The first-order valence-corrected chi connectivity index (χ1v) is 7.32. The molecular formula is C14H20ClN3OS. The molecule has 110 valence electrons. The minimum absolute atomic E-state index is 0.0674. The standard InChI is InChI=1S/C14H20ClN3OS/c1-4-18(5-2)13(19)10-17(3)14(20)16-12-8-6-11(15)7-9-12/h6-9H,4-5,10H2,1-3H3,(H,16,20). The molecule has 1 aromatic rings. The van der Waals surface area contributed by atoms with Crippen LogP contribution in [0.4, 0.5) is 5.69 Å². The van der Waals surface area contributed by atoms with E-state index < -0.39 is 0 Å². The monoisotopic (exact) mass is 313 g/mol. The smallest absolute Gasteiger partial charge is 0.242 e. The van der Waals surface area contributed by atoms with Gasteiger partial charge in [-0.3, -0.25) is 4.79 Å². The molecule has 4 nitrogen and oxygen atoms in total. The Morgan fingerprint density at radius 3 is 2.30 bits per heavy atom. The van der Waals surface area contributed by atoms with Gasteiger partial charge in [-0.25, -0.2) is 0 Å². The third-order valence-corrected chi connectivity index (χ3v) is 3.60. The molecule has 0 saturated carbocycles. The Morgan fingerprint density at radius 1 is 1.25 bits per heavy atom. The number of amides is 1. The van der Waals surface area contributed by atoms with E-state index in [2.05, 4.69) is 5.32 Å². The van der Waals surface area contributed by atoms with Gasteiger partial charge in [0, 0.05) is 30.8 Å². The summed E-state index contributed by atoms with van der Waals surface area (Å²) in [6.45, 7) is 5.61. The van der Waals surface area contributed by atoms with Crippen LogP contribution in [0.15, 0.2) is 24.3 Å². The molecule has 0 radical (unpaired) electrons. The van der Waals surface area contributed by atoms with Crippen LogP contribution in [0.1, 0.15) is 13.8 Å². The van der Waals surface area contributed by atoms with Crippen LogP contribution in [0.2, 0.25) is 5.02 Å². The van der Waals surface area contributed by atoms with Crippen molar-refractivity contribution in [3.8, 4) is 0 Å². The third-order valence-electron chi connectivity index (χ3n) is 2.93. The van der Waals surface area contributed by atoms with Crippen LogP contribution in [-0.4, -0.2) is 47.5 Å². The van der Waals surface area contributed by atoms with E-state index in [0.717, 1.165) is 5.69 Å². The normalized spacial score (nSPS) is 10.0. The molecule has 20 heavy (non-hydrogen) atoms. The fourth-order valence-corrected chi connectivity index (χ4v) is 2.01. The first kappa shape index (κ1) is 16.7. The number of thiocarbonyl (C=S) groups is 1. The zero-order valence-electron chi connectivity index (χ0n) is 12.0. The van der Waals surface area contributed by atoms with Gasteiger partial charge in [-0.1, -0.05) is 11.6 Å². The summed E-state index contributed by atoms with van der Waals surface area (Å²) in [5.74, 6) is 0.0674. The van der Waals surface area contributed by atoms with E-state index in [9.17, 15) is 4.79 Å². The molecule has 0 aliphatic carbocycles. The van der Waals surface area contributed by atoms with Gasteiger partial charge in [0.15, 0.2) is 5.11 Å². The lowest BCUT2D eigenvalue weighted by molar-refractivity contribution is -0.130. The van der Waals surface area contributed by atoms with Crippen LogP contribution in [0.25, 0.3) is 0 Å². The van der Waals surface area contributed by atoms with E-state index >= 15 is 0 Å². The number of hydrogen-bond donors (Lipinski definition) is 1. The van der Waals surface area contributed by atoms with Crippen molar-refractivity contribution in [2.75, 3.05) is 32.0 Å². The Balaban J connectivity index is 2.54. The van der Waals surface area contributed by atoms with E-state index in [0.29, 0.717) is 23.2 Å². The number of benzene rings is 1. The Labute approximate surface area is 130 Å². The van der Waals surface area contributed by atoms with Gasteiger partial charge in [0.2, 0.25) is 5.91 Å². The minimum Gasteiger partial charge on any atom is -0.343 e. The van der Waals surface area contributed by atoms with Gasteiger partial charge in [0.25, 0.3) is 0 Å². The van der Waals surface area contributed by atoms with Gasteiger partial charge in [0.1, 0.15) is 0 Å². The maximum absolute atomic E-state index is 12.0. The zero-order chi connectivity index (χ0) is 15.1. The molecule has 1 N–H and O–H groups in total. The van der Waals surface area contributed by atoms with Crippen molar-refractivity contribution in [2.24, 2.45) is 0 Å². The minimum atomic E-state index is 0.0674. The fraction of sp³-hybridized carbons (Fsp3) is 0.429. The molecule has 0 saturated heterocycles. The summed E-state index contributed by atoms with van der Waals surface area (Å²) in [7, 11) is 1.80. The van der Waals surface area contributed by atoms with Crippen LogP contribution >= 0.6 is 23.8 Å². The van der Waals surface area contributed by atoms with Gasteiger partial charge in [-0.05, 0) is 50.3 Å². The molecule has 1 aromatic carbocycles. The number of carbonyl (C=O) groups is 1. The third kappa shape index (κ3) is 4.98. The first-order chi connectivity index (χ1) is 9.47. The van der Waals surface area contributed by atoms with Crippen molar-refractivity contribution < 1.29 is 4.79 Å². The summed E-state index contributed by atoms with van der Waals surface area (Å²) in [6, 6.07) is 7.25. The molecule has 0 aromatic heterocycles. The lowest BCUT2D eigenvalue weighted by Crippen LogP contribution is -2.42. The predicted octanol–water partition coefficient (Wildman–Crippen LogP) is 2.84. The van der Waals surface area contributed by atoms with Gasteiger partial charge in [-0.15, -0.1) is 0 Å². The number of nitrogens with one attached hydrogen (secondary N) is 1. The van der Waals surface area contributed by atoms with Crippen LogP contribution in [0.3, 0.4) is 0 Å². The quantitative estimate of drug-likeness (QED) is 0.848. The predicted molar refractivity (Wildman–Crippen MR) is 88.2 cm³/mol. The molecule has 0 bridgehead atoms. The van der Waals surface area contributed by atoms with E-state index in [1.165, 1.54) is 0 Å². The van der Waals surface area contributed by atoms with E-state index in [1.54, 1.807) is 29.0 Å². The Morgan fingerprint density at radius 2 is 1.80 bits per heavy atom. The van der Waals surface area contributed by atoms with Crippen LogP contribution in [0, 0.1) is 0 Å². The number of nitrogens with zero attached hydrogens (tertiary/aromatic N) is 2. The molecule has 0 fully saturated rings. The Kier molecular flexibility index (Phi) is 6.75. The second-order valence-electron chi connectivity index (χ2n) is 4.36. The van der Waals surface area contributed by atoms with Gasteiger partial charge >= 0.3 is 0 Å². The molecule has 0 atom stereocenters. The van der Waals surface area contributed by atoms with Gasteiger partial charge in [0.05, 0.1) is 6.54 Å². The molecule has 0 unspecified atom stereocenters. The largest absolute Gasteiger partial charge is 0.343 e. The number of hydrogen-bond acceptors (Lipinski definition) is 2. The summed E-state index contributed by atoms with van der Waals surface area (Å²) < 4.78 is 0. The van der Waals surface area contributed by atoms with Crippen LogP contribution < -0.4 is 5.32 Å². The lowest BCUT2D eigenvalue weighted by atomic mass is 10.3. The summed E-state index contributed by atoms with van der Waals surface area (Å²) in [6.07, 6.45) is 0. The average Bonchev–Trinajstić information content (AvgIpc) is 2.42. The highest BCUT2D eigenvalue weighted by molar-refractivity contribution is 7.80. The molecule has 1 rings (SSSR count). The highest BCUT2D eigenvalue weighted by atomic mass is 35.5. The van der Waals surface area contributed by atoms with Crippen molar-refractivity contribution in [1.29, 1.82) is 0 Å². The van der Waals surface area contributed by atoms with E-state index in [-0.39, 0.29) is 12.5 Å². The summed E-state index contributed by atoms with van der Waals surface area (Å²) in [5.41, 5.74) is 0.849. The molecule has 0 spiro atoms. The number of halogens is 1. The summed E-state index contributed by atoms with van der Waals surface area (Å²) in [5, 5.41) is 4.26. The number of carbonyl (C=O) groups excluding carboxylic acids is 1. The number of rotatable bonds is 5.